The van der Waals surface area contributed by atoms with Gasteiger partial charge in [0.15, 0.2) is 11.3 Å². The molecule has 1 amide bonds. The van der Waals surface area contributed by atoms with Crippen LogP contribution in [0.25, 0.3) is 0 Å². The number of amides is 1. The first-order valence-electron chi connectivity index (χ1n) is 13.3. The van der Waals surface area contributed by atoms with Gasteiger partial charge in [0.2, 0.25) is 0 Å². The van der Waals surface area contributed by atoms with Crippen molar-refractivity contribution in [2.75, 3.05) is 32.7 Å². The van der Waals surface area contributed by atoms with Gasteiger partial charge in [-0.2, -0.15) is 0 Å². The number of nitrogens with zero attached hydrogens (tertiary/aromatic N) is 2. The smallest absolute Gasteiger partial charge is 0.259 e. The van der Waals surface area contributed by atoms with Crippen LogP contribution < -0.4 is 5.32 Å². The summed E-state index contributed by atoms with van der Waals surface area (Å²) in [6.07, 6.45) is 2.19. The quantitative estimate of drug-likeness (QED) is 0.213. The van der Waals surface area contributed by atoms with Gasteiger partial charge >= 0.3 is 0 Å². The van der Waals surface area contributed by atoms with Gasteiger partial charge in [0, 0.05) is 43.1 Å². The summed E-state index contributed by atoms with van der Waals surface area (Å²) >= 11 is 1.30. The van der Waals surface area contributed by atoms with E-state index in [1.165, 1.54) is 17.8 Å². The molecule has 0 bridgehead atoms. The molecular weight excluding hydrogens is 529 g/mol. The van der Waals surface area contributed by atoms with Crippen molar-refractivity contribution in [1.82, 2.24) is 14.9 Å². The first-order chi connectivity index (χ1) is 18.0. The van der Waals surface area contributed by atoms with Gasteiger partial charge in [-0.05, 0) is 34.1 Å². The molecule has 2 rings (SSSR count). The van der Waals surface area contributed by atoms with Crippen LogP contribution in [0.3, 0.4) is 0 Å². The van der Waals surface area contributed by atoms with Crippen LogP contribution in [0.15, 0.2) is 24.7 Å². The molecule has 0 aromatic heterocycles. The summed E-state index contributed by atoms with van der Waals surface area (Å²) in [5.74, 6) is 0.839. The Bertz CT molecular complexity index is 806. The summed E-state index contributed by atoms with van der Waals surface area (Å²) < 4.78 is 33.2. The lowest BCUT2D eigenvalue weighted by Crippen LogP contribution is -2.47. The maximum atomic E-state index is 11.8. The average Bonchev–Trinajstić information content (AvgIpc) is 3.19. The molecule has 10 nitrogen and oxygen atoms in total. The fourth-order valence-electron chi connectivity index (χ4n) is 4.24. The van der Waals surface area contributed by atoms with E-state index in [1.807, 2.05) is 20.8 Å². The highest BCUT2D eigenvalue weighted by Gasteiger charge is 2.50. The molecular formula is C26H46N3O7PS. The number of hydrogen-bond acceptors (Lipinski definition) is 10. The molecule has 38 heavy (non-hydrogen) atoms. The van der Waals surface area contributed by atoms with Crippen molar-refractivity contribution in [1.29, 1.82) is 0 Å². The molecule has 2 heterocycles. The lowest BCUT2D eigenvalue weighted by atomic mass is 10.1. The molecule has 0 aliphatic carbocycles. The molecule has 2 aliphatic rings. The predicted octanol–water partition coefficient (Wildman–Crippen LogP) is 4.23. The maximum Gasteiger partial charge on any atom is 0.259 e. The predicted molar refractivity (Wildman–Crippen MR) is 151 cm³/mol. The van der Waals surface area contributed by atoms with E-state index in [0.29, 0.717) is 37.8 Å². The summed E-state index contributed by atoms with van der Waals surface area (Å²) in [6.45, 7) is 19.5. The zero-order chi connectivity index (χ0) is 28.4. The van der Waals surface area contributed by atoms with Crippen molar-refractivity contribution in [3.05, 3.63) is 24.7 Å². The van der Waals surface area contributed by atoms with Crippen LogP contribution in [0.5, 0.6) is 0 Å². The summed E-state index contributed by atoms with van der Waals surface area (Å²) in [4.78, 5) is 25.3. The largest absolute Gasteiger partial charge is 0.378 e. The fraction of sp³-hybridized carbons (Fsp3) is 0.769. The highest BCUT2D eigenvalue weighted by molar-refractivity contribution is 8.13. The van der Waals surface area contributed by atoms with Crippen molar-refractivity contribution in [3.8, 4) is 0 Å². The van der Waals surface area contributed by atoms with E-state index in [4.69, 9.17) is 23.3 Å². The molecule has 0 saturated carbocycles. The second-order valence-electron chi connectivity index (χ2n) is 9.98. The average molecular weight is 576 g/mol. The lowest BCUT2D eigenvalue weighted by Gasteiger charge is -2.38. The minimum Gasteiger partial charge on any atom is -0.378 e. The van der Waals surface area contributed by atoms with Crippen molar-refractivity contribution in [3.63, 3.8) is 0 Å². The Morgan fingerprint density at radius 1 is 1.18 bits per heavy atom. The van der Waals surface area contributed by atoms with E-state index in [1.54, 1.807) is 18.2 Å². The first-order valence-corrected chi connectivity index (χ1v) is 15.4. The SMILES string of the molecule is C=C1NC(=O)C=CN1[C@@H]1O[C@H](CC)C(OP(OCCOCCSC(=O)C(C)C)N(C(C)C)C(C)C)[C@@H]1OC. The van der Waals surface area contributed by atoms with E-state index >= 15 is 0 Å². The third-order valence-electron chi connectivity index (χ3n) is 6.03. The normalized spacial score (nSPS) is 24.8. The van der Waals surface area contributed by atoms with E-state index in [2.05, 4.69) is 44.3 Å². The molecule has 218 valence electrons. The van der Waals surface area contributed by atoms with Crippen LogP contribution >= 0.6 is 20.3 Å². The molecule has 0 aromatic rings. The molecule has 2 unspecified atom stereocenters. The maximum absolute atomic E-state index is 11.8. The molecule has 1 fully saturated rings. The van der Waals surface area contributed by atoms with Crippen molar-refractivity contribution in [2.24, 2.45) is 5.92 Å². The van der Waals surface area contributed by atoms with Gasteiger partial charge in [0.05, 0.1) is 25.9 Å². The molecule has 12 heteroatoms. The molecule has 5 atom stereocenters. The van der Waals surface area contributed by atoms with Gasteiger partial charge in [-0.15, -0.1) is 0 Å². The molecule has 1 saturated heterocycles. The monoisotopic (exact) mass is 575 g/mol. The second-order valence-corrected chi connectivity index (χ2v) is 12.5. The molecule has 0 radical (unpaired) electrons. The number of carbonyl (C=O) groups is 2. The Balaban J connectivity index is 2.08. The molecule has 1 N–H and O–H groups in total. The molecule has 2 aliphatic heterocycles. The standard InChI is InChI=1S/C26H46N3O7PS/c1-10-21-23(24(32-9)25(35-21)28-12-11-22(30)27-20(28)8)36-37(29(18(4)5)19(6)7)34-14-13-33-15-16-38-26(31)17(2)3/h11-12,17-19,21,23-25H,8,10,13-16H2,1-7,9H3,(H,27,30)/t21-,23?,24+,25-,37?/m1/s1. The Morgan fingerprint density at radius 2 is 1.87 bits per heavy atom. The summed E-state index contributed by atoms with van der Waals surface area (Å²) in [6, 6.07) is 0.361. The van der Waals surface area contributed by atoms with E-state index in [-0.39, 0.29) is 35.1 Å². The van der Waals surface area contributed by atoms with Crippen LogP contribution in [0.2, 0.25) is 0 Å². The van der Waals surface area contributed by atoms with Gasteiger partial charge < -0.3 is 33.5 Å². The van der Waals surface area contributed by atoms with E-state index in [9.17, 15) is 9.59 Å². The van der Waals surface area contributed by atoms with Gasteiger partial charge in [0.1, 0.15) is 18.0 Å². The Labute approximate surface area is 233 Å². The van der Waals surface area contributed by atoms with Gasteiger partial charge in [-0.3, -0.25) is 9.59 Å². The summed E-state index contributed by atoms with van der Waals surface area (Å²) in [7, 11) is 0.159. The van der Waals surface area contributed by atoms with Crippen LogP contribution in [-0.4, -0.2) is 89.9 Å². The number of hydrogen-bond donors (Lipinski definition) is 1. The van der Waals surface area contributed by atoms with Gasteiger partial charge in [-0.25, -0.2) is 4.67 Å². The van der Waals surface area contributed by atoms with Crippen molar-refractivity contribution >= 4 is 31.3 Å². The number of methoxy groups -OCH3 is 1. The minimum absolute atomic E-state index is 0.0203. The number of rotatable bonds is 16. The Morgan fingerprint density at radius 3 is 2.42 bits per heavy atom. The van der Waals surface area contributed by atoms with Gasteiger partial charge in [-0.1, -0.05) is 39.1 Å². The van der Waals surface area contributed by atoms with E-state index in [0.717, 1.165) is 0 Å². The fourth-order valence-corrected chi connectivity index (χ4v) is 6.72. The van der Waals surface area contributed by atoms with Crippen LogP contribution in [0.1, 0.15) is 54.9 Å². The van der Waals surface area contributed by atoms with Crippen molar-refractivity contribution in [2.45, 2.75) is 91.5 Å². The molecule has 0 spiro atoms. The van der Waals surface area contributed by atoms with Crippen LogP contribution in [0.4, 0.5) is 0 Å². The topological polar surface area (TPSA) is 98.8 Å². The van der Waals surface area contributed by atoms with Crippen molar-refractivity contribution < 1.29 is 32.8 Å². The Hall–Kier alpha value is -1.04. The van der Waals surface area contributed by atoms with Gasteiger partial charge in [0.25, 0.3) is 14.4 Å². The highest BCUT2D eigenvalue weighted by atomic mass is 32.2. The zero-order valence-electron chi connectivity index (χ0n) is 24.0. The Kier molecular flexibility index (Phi) is 14.2. The molecule has 0 aromatic carbocycles. The number of nitrogens with one attached hydrogen (secondary N) is 1. The summed E-state index contributed by atoms with van der Waals surface area (Å²) in [5, 5.41) is 2.89. The number of carbonyl (C=O) groups excluding carboxylic acids is 2. The first kappa shape index (κ1) is 33.2. The third kappa shape index (κ3) is 9.27. The third-order valence-corrected chi connectivity index (χ3v) is 9.29. The summed E-state index contributed by atoms with van der Waals surface area (Å²) in [5.41, 5.74) is 0. The second kappa shape index (κ2) is 16.3. The zero-order valence-corrected chi connectivity index (χ0v) is 25.8. The number of thioether (sulfide) groups is 1. The highest BCUT2D eigenvalue weighted by Crippen LogP contribution is 2.50. The number of ether oxygens (including phenoxy) is 3. The van der Waals surface area contributed by atoms with E-state index < -0.39 is 27.0 Å². The van der Waals surface area contributed by atoms with Crippen LogP contribution in [-0.2, 0) is 32.8 Å². The van der Waals surface area contributed by atoms with Crippen LogP contribution in [0, 0.1) is 5.92 Å². The lowest BCUT2D eigenvalue weighted by molar-refractivity contribution is -0.118. The minimum atomic E-state index is -1.47.